The van der Waals surface area contributed by atoms with Gasteiger partial charge in [0.25, 0.3) is 0 Å². The Labute approximate surface area is 96.8 Å². The van der Waals surface area contributed by atoms with E-state index in [0.717, 1.165) is 0 Å². The summed E-state index contributed by atoms with van der Waals surface area (Å²) in [6.45, 7) is 3.49. The van der Waals surface area contributed by atoms with Crippen molar-refractivity contribution in [2.24, 2.45) is 0 Å². The highest BCUT2D eigenvalue weighted by Crippen LogP contribution is 2.04. The van der Waals surface area contributed by atoms with Crippen molar-refractivity contribution in [3.63, 3.8) is 0 Å². The first kappa shape index (κ1) is 12.5. The number of rotatable bonds is 5. The predicted octanol–water partition coefficient (Wildman–Crippen LogP) is 0.455. The minimum atomic E-state index is -0.213. The van der Waals surface area contributed by atoms with Crippen LogP contribution in [0.1, 0.15) is 13.8 Å². The summed E-state index contributed by atoms with van der Waals surface area (Å²) in [4.78, 5) is 25.3. The van der Waals surface area contributed by atoms with Crippen LogP contribution in [0.3, 0.4) is 0 Å². The number of hydrogen-bond donors (Lipinski definition) is 3. The van der Waals surface area contributed by atoms with Gasteiger partial charge in [-0.2, -0.15) is 4.98 Å². The van der Waals surface area contributed by atoms with Crippen molar-refractivity contribution in [1.82, 2.24) is 15.2 Å². The van der Waals surface area contributed by atoms with Gasteiger partial charge in [0.15, 0.2) is 5.12 Å². The van der Waals surface area contributed by atoms with E-state index in [1.165, 1.54) is 25.6 Å². The number of aromatic amines is 1. The van der Waals surface area contributed by atoms with Gasteiger partial charge in [-0.15, -0.1) is 5.10 Å². The summed E-state index contributed by atoms with van der Waals surface area (Å²) in [6, 6.07) is 0. The molecule has 1 amide bonds. The summed E-state index contributed by atoms with van der Waals surface area (Å²) in [5, 5.41) is 11.8. The molecule has 0 aliphatic carbocycles. The topological polar surface area (TPSA) is 99.8 Å². The van der Waals surface area contributed by atoms with Gasteiger partial charge in [0.05, 0.1) is 0 Å². The minimum Gasteiger partial charge on any atom is -0.352 e. The highest BCUT2D eigenvalue weighted by atomic mass is 32.2. The van der Waals surface area contributed by atoms with Gasteiger partial charge < -0.3 is 5.32 Å². The molecule has 1 heterocycles. The highest BCUT2D eigenvalue weighted by molar-refractivity contribution is 8.13. The van der Waals surface area contributed by atoms with Crippen LogP contribution in [0.5, 0.6) is 0 Å². The Kier molecular flexibility index (Phi) is 4.77. The third-order valence-electron chi connectivity index (χ3n) is 1.47. The number of carbonyl (C=O) groups excluding carboxylic acids is 2. The normalized spacial score (nSPS) is 9.88. The molecule has 0 spiro atoms. The van der Waals surface area contributed by atoms with E-state index in [0.29, 0.717) is 24.2 Å². The van der Waals surface area contributed by atoms with Gasteiger partial charge in [-0.05, 0) is 0 Å². The van der Waals surface area contributed by atoms with Gasteiger partial charge in [-0.3, -0.25) is 14.9 Å². The lowest BCUT2D eigenvalue weighted by molar-refractivity contribution is -0.114. The van der Waals surface area contributed by atoms with E-state index < -0.39 is 0 Å². The smallest absolute Gasteiger partial charge is 0.243 e. The van der Waals surface area contributed by atoms with E-state index in [1.807, 2.05) is 0 Å². The summed E-state index contributed by atoms with van der Waals surface area (Å²) < 4.78 is 0. The third kappa shape index (κ3) is 4.78. The van der Waals surface area contributed by atoms with Gasteiger partial charge in [-0.25, -0.2) is 5.10 Å². The molecule has 88 valence electrons. The molecule has 1 aromatic rings. The summed E-state index contributed by atoms with van der Waals surface area (Å²) in [6.07, 6.45) is 0. The number of anilines is 2. The van der Waals surface area contributed by atoms with Crippen LogP contribution in [0, 0.1) is 0 Å². The number of amides is 1. The van der Waals surface area contributed by atoms with E-state index >= 15 is 0 Å². The standard InChI is InChI=1S/C8H13N5O2S/c1-5(14)10-8-11-7(12-13-8)9-3-4-16-6(2)15/h3-4H2,1-2H3,(H3,9,10,11,12,13,14). The summed E-state index contributed by atoms with van der Waals surface area (Å²) in [5.74, 6) is 1.14. The summed E-state index contributed by atoms with van der Waals surface area (Å²) in [7, 11) is 0. The maximum atomic E-state index is 10.7. The molecule has 0 saturated heterocycles. The fourth-order valence-electron chi connectivity index (χ4n) is 0.921. The second-order valence-corrected chi connectivity index (χ2v) is 4.23. The Morgan fingerprint density at radius 2 is 2.19 bits per heavy atom. The molecule has 0 aromatic carbocycles. The van der Waals surface area contributed by atoms with E-state index in [1.54, 1.807) is 0 Å². The molecule has 8 heteroatoms. The fraction of sp³-hybridized carbons (Fsp3) is 0.500. The maximum Gasteiger partial charge on any atom is 0.243 e. The van der Waals surface area contributed by atoms with Crippen molar-refractivity contribution in [3.05, 3.63) is 0 Å². The molecule has 0 aliphatic heterocycles. The van der Waals surface area contributed by atoms with Crippen molar-refractivity contribution >= 4 is 34.7 Å². The van der Waals surface area contributed by atoms with Crippen molar-refractivity contribution < 1.29 is 9.59 Å². The second kappa shape index (κ2) is 6.11. The molecule has 0 aliphatic rings. The lowest BCUT2D eigenvalue weighted by Crippen LogP contribution is -2.08. The van der Waals surface area contributed by atoms with Crippen LogP contribution in [0.2, 0.25) is 0 Å². The molecular formula is C8H13N5O2S. The molecular weight excluding hydrogens is 230 g/mol. The Balaban J connectivity index is 2.29. The van der Waals surface area contributed by atoms with Crippen molar-refractivity contribution in [2.45, 2.75) is 13.8 Å². The molecule has 3 N–H and O–H groups in total. The van der Waals surface area contributed by atoms with Crippen LogP contribution in [0.4, 0.5) is 11.9 Å². The second-order valence-electron chi connectivity index (χ2n) is 2.96. The molecule has 0 unspecified atom stereocenters. The fourth-order valence-corrected chi connectivity index (χ4v) is 1.41. The summed E-state index contributed by atoms with van der Waals surface area (Å²) in [5.41, 5.74) is 0. The number of aromatic nitrogens is 3. The largest absolute Gasteiger partial charge is 0.352 e. The number of carbonyl (C=O) groups is 2. The molecule has 0 radical (unpaired) electrons. The van der Waals surface area contributed by atoms with Gasteiger partial charge in [0.2, 0.25) is 17.8 Å². The van der Waals surface area contributed by atoms with Crippen LogP contribution in [-0.2, 0) is 9.59 Å². The molecule has 0 bridgehead atoms. The van der Waals surface area contributed by atoms with Crippen molar-refractivity contribution in [2.75, 3.05) is 22.9 Å². The van der Waals surface area contributed by atoms with Crippen LogP contribution in [-0.4, -0.2) is 38.5 Å². The van der Waals surface area contributed by atoms with Gasteiger partial charge in [0.1, 0.15) is 0 Å². The van der Waals surface area contributed by atoms with Crippen molar-refractivity contribution in [3.8, 4) is 0 Å². The van der Waals surface area contributed by atoms with Gasteiger partial charge in [0, 0.05) is 26.1 Å². The zero-order chi connectivity index (χ0) is 12.0. The first-order chi connectivity index (χ1) is 7.58. The molecule has 1 rings (SSSR count). The SMILES string of the molecule is CC(=O)Nc1nc(NCCSC(C)=O)n[nH]1. The average Bonchev–Trinajstić information content (AvgIpc) is 2.59. The summed E-state index contributed by atoms with van der Waals surface area (Å²) >= 11 is 1.23. The Hall–Kier alpha value is -1.57. The van der Waals surface area contributed by atoms with E-state index in [9.17, 15) is 9.59 Å². The average molecular weight is 243 g/mol. The zero-order valence-electron chi connectivity index (χ0n) is 9.03. The molecule has 0 fully saturated rings. The number of H-pyrrole nitrogens is 1. The maximum absolute atomic E-state index is 10.7. The number of nitrogens with zero attached hydrogens (tertiary/aromatic N) is 2. The monoisotopic (exact) mass is 243 g/mol. The first-order valence-electron chi connectivity index (χ1n) is 4.65. The highest BCUT2D eigenvalue weighted by Gasteiger charge is 2.03. The van der Waals surface area contributed by atoms with E-state index in [4.69, 9.17) is 0 Å². The first-order valence-corrected chi connectivity index (χ1v) is 5.63. The lowest BCUT2D eigenvalue weighted by Gasteiger charge is -1.98. The quantitative estimate of drug-likeness (QED) is 0.649. The number of nitrogens with one attached hydrogen (secondary N) is 3. The Morgan fingerprint density at radius 1 is 1.44 bits per heavy atom. The molecule has 0 saturated carbocycles. The Bertz CT molecular complexity index is 378. The van der Waals surface area contributed by atoms with Gasteiger partial charge >= 0.3 is 0 Å². The lowest BCUT2D eigenvalue weighted by atomic mass is 10.7. The molecule has 7 nitrogen and oxygen atoms in total. The van der Waals surface area contributed by atoms with Crippen LogP contribution >= 0.6 is 11.8 Å². The molecule has 16 heavy (non-hydrogen) atoms. The molecule has 0 atom stereocenters. The van der Waals surface area contributed by atoms with E-state index in [2.05, 4.69) is 25.8 Å². The molecule has 1 aromatic heterocycles. The minimum absolute atomic E-state index is 0.0794. The Morgan fingerprint density at radius 3 is 2.81 bits per heavy atom. The predicted molar refractivity (Wildman–Crippen MR) is 62.3 cm³/mol. The van der Waals surface area contributed by atoms with Crippen LogP contribution < -0.4 is 10.6 Å². The van der Waals surface area contributed by atoms with E-state index in [-0.39, 0.29) is 11.0 Å². The van der Waals surface area contributed by atoms with Gasteiger partial charge in [-0.1, -0.05) is 11.8 Å². The zero-order valence-corrected chi connectivity index (χ0v) is 9.85. The number of hydrogen-bond acceptors (Lipinski definition) is 6. The van der Waals surface area contributed by atoms with Crippen molar-refractivity contribution in [1.29, 1.82) is 0 Å². The number of thioether (sulfide) groups is 1. The van der Waals surface area contributed by atoms with Crippen LogP contribution in [0.25, 0.3) is 0 Å². The van der Waals surface area contributed by atoms with Crippen LogP contribution in [0.15, 0.2) is 0 Å². The third-order valence-corrected chi connectivity index (χ3v) is 2.29.